The highest BCUT2D eigenvalue weighted by atomic mass is 16.6. The molecule has 0 aromatic heterocycles. The Kier molecular flexibility index (Phi) is 4.45. The van der Waals surface area contributed by atoms with Gasteiger partial charge in [-0.25, -0.2) is 0 Å². The SMILES string of the molecule is CCC1CCC(Nc2cc(C(N)=O)ccc2[N+](=O)[O-])C1C. The number of hydrogen-bond acceptors (Lipinski definition) is 4. The first-order chi connectivity index (χ1) is 9.93. The van der Waals surface area contributed by atoms with Gasteiger partial charge < -0.3 is 11.1 Å². The number of rotatable bonds is 5. The van der Waals surface area contributed by atoms with E-state index in [1.807, 2.05) is 0 Å². The van der Waals surface area contributed by atoms with E-state index in [0.717, 1.165) is 19.3 Å². The van der Waals surface area contributed by atoms with Crippen molar-refractivity contribution in [2.24, 2.45) is 17.6 Å². The summed E-state index contributed by atoms with van der Waals surface area (Å²) in [6.45, 7) is 4.34. The molecule has 2 rings (SSSR count). The third-order valence-electron chi connectivity index (χ3n) is 4.57. The Hall–Kier alpha value is -2.11. The summed E-state index contributed by atoms with van der Waals surface area (Å²) in [7, 11) is 0. The van der Waals surface area contributed by atoms with Crippen molar-refractivity contribution in [2.75, 3.05) is 5.32 Å². The quantitative estimate of drug-likeness (QED) is 0.643. The van der Waals surface area contributed by atoms with E-state index < -0.39 is 10.8 Å². The number of amides is 1. The molecule has 6 nitrogen and oxygen atoms in total. The second-order valence-electron chi connectivity index (χ2n) is 5.71. The van der Waals surface area contributed by atoms with Gasteiger partial charge in [0.15, 0.2) is 0 Å². The molecule has 0 saturated heterocycles. The summed E-state index contributed by atoms with van der Waals surface area (Å²) in [5.41, 5.74) is 5.89. The van der Waals surface area contributed by atoms with Gasteiger partial charge in [0.25, 0.3) is 5.69 Å². The zero-order valence-electron chi connectivity index (χ0n) is 12.3. The number of nitro benzene ring substituents is 1. The van der Waals surface area contributed by atoms with E-state index in [1.165, 1.54) is 18.2 Å². The van der Waals surface area contributed by atoms with Crippen LogP contribution in [0.3, 0.4) is 0 Å². The Bertz CT molecular complexity index is 559. The van der Waals surface area contributed by atoms with E-state index in [1.54, 1.807) is 0 Å². The molecular formula is C15H21N3O3. The lowest BCUT2D eigenvalue weighted by Crippen LogP contribution is -2.25. The van der Waals surface area contributed by atoms with Gasteiger partial charge in [0, 0.05) is 17.7 Å². The number of hydrogen-bond donors (Lipinski definition) is 2. The van der Waals surface area contributed by atoms with E-state index in [4.69, 9.17) is 5.73 Å². The first kappa shape index (κ1) is 15.3. The van der Waals surface area contributed by atoms with Gasteiger partial charge in [0.05, 0.1) is 4.92 Å². The fourth-order valence-corrected chi connectivity index (χ4v) is 3.19. The van der Waals surface area contributed by atoms with Gasteiger partial charge >= 0.3 is 0 Å². The molecule has 1 aromatic carbocycles. The molecule has 0 heterocycles. The van der Waals surface area contributed by atoms with Gasteiger partial charge in [-0.15, -0.1) is 0 Å². The summed E-state index contributed by atoms with van der Waals surface area (Å²) in [5, 5.41) is 14.4. The standard InChI is InChI=1S/C15H21N3O3/c1-3-10-4-6-12(9(10)2)17-13-8-11(15(16)19)5-7-14(13)18(20)21/h5,7-10,12,17H,3-4,6H2,1-2H3,(H2,16,19). The maximum absolute atomic E-state index is 11.3. The highest BCUT2D eigenvalue weighted by molar-refractivity contribution is 5.94. The lowest BCUT2D eigenvalue weighted by molar-refractivity contribution is -0.384. The molecule has 3 N–H and O–H groups in total. The first-order valence-electron chi connectivity index (χ1n) is 7.28. The van der Waals surface area contributed by atoms with E-state index in [0.29, 0.717) is 17.5 Å². The minimum atomic E-state index is -0.584. The van der Waals surface area contributed by atoms with E-state index in [-0.39, 0.29) is 17.3 Å². The van der Waals surface area contributed by atoms with Crippen LogP contribution in [0.2, 0.25) is 0 Å². The van der Waals surface area contributed by atoms with Crippen molar-refractivity contribution in [3.05, 3.63) is 33.9 Å². The number of nitro groups is 1. The lowest BCUT2D eigenvalue weighted by Gasteiger charge is -2.22. The largest absolute Gasteiger partial charge is 0.376 e. The molecule has 1 aliphatic rings. The van der Waals surface area contributed by atoms with Crippen molar-refractivity contribution < 1.29 is 9.72 Å². The van der Waals surface area contributed by atoms with Crippen LogP contribution in [0, 0.1) is 22.0 Å². The average molecular weight is 291 g/mol. The Morgan fingerprint density at radius 1 is 1.48 bits per heavy atom. The summed E-state index contributed by atoms with van der Waals surface area (Å²) in [6, 6.07) is 4.39. The predicted molar refractivity (Wildman–Crippen MR) is 81.2 cm³/mol. The summed E-state index contributed by atoms with van der Waals surface area (Å²) < 4.78 is 0. The van der Waals surface area contributed by atoms with Crippen LogP contribution < -0.4 is 11.1 Å². The summed E-state index contributed by atoms with van der Waals surface area (Å²) in [5.74, 6) is 0.506. The van der Waals surface area contributed by atoms with Crippen LogP contribution in [0.4, 0.5) is 11.4 Å². The van der Waals surface area contributed by atoms with Gasteiger partial charge in [-0.05, 0) is 36.8 Å². The van der Waals surface area contributed by atoms with Crippen molar-refractivity contribution >= 4 is 17.3 Å². The van der Waals surface area contributed by atoms with E-state index in [2.05, 4.69) is 19.2 Å². The monoisotopic (exact) mass is 291 g/mol. The highest BCUT2D eigenvalue weighted by Crippen LogP contribution is 2.37. The maximum atomic E-state index is 11.3. The van der Waals surface area contributed by atoms with Crippen LogP contribution in [0.5, 0.6) is 0 Å². The van der Waals surface area contributed by atoms with Crippen LogP contribution in [0.25, 0.3) is 0 Å². The molecule has 114 valence electrons. The smallest absolute Gasteiger partial charge is 0.292 e. The number of nitrogens with one attached hydrogen (secondary N) is 1. The second kappa shape index (κ2) is 6.11. The Labute approximate surface area is 123 Å². The maximum Gasteiger partial charge on any atom is 0.292 e. The second-order valence-corrected chi connectivity index (χ2v) is 5.71. The normalized spacial score (nSPS) is 24.8. The van der Waals surface area contributed by atoms with E-state index in [9.17, 15) is 14.9 Å². The van der Waals surface area contributed by atoms with Crippen molar-refractivity contribution in [3.8, 4) is 0 Å². The topological polar surface area (TPSA) is 98.3 Å². The average Bonchev–Trinajstić information content (AvgIpc) is 2.79. The van der Waals surface area contributed by atoms with Crippen LogP contribution in [-0.4, -0.2) is 16.9 Å². The summed E-state index contributed by atoms with van der Waals surface area (Å²) in [4.78, 5) is 21.9. The minimum Gasteiger partial charge on any atom is -0.376 e. The van der Waals surface area contributed by atoms with Gasteiger partial charge in [-0.3, -0.25) is 14.9 Å². The molecule has 3 unspecified atom stereocenters. The number of nitrogens with two attached hydrogens (primary N) is 1. The van der Waals surface area contributed by atoms with Gasteiger partial charge in [0.1, 0.15) is 5.69 Å². The third-order valence-corrected chi connectivity index (χ3v) is 4.57. The fraction of sp³-hybridized carbons (Fsp3) is 0.533. The Morgan fingerprint density at radius 3 is 2.71 bits per heavy atom. The van der Waals surface area contributed by atoms with Crippen molar-refractivity contribution in [2.45, 2.75) is 39.2 Å². The van der Waals surface area contributed by atoms with Crippen LogP contribution in [0.1, 0.15) is 43.5 Å². The predicted octanol–water partition coefficient (Wildman–Crippen LogP) is 2.93. The van der Waals surface area contributed by atoms with Crippen LogP contribution in [0.15, 0.2) is 18.2 Å². The zero-order chi connectivity index (χ0) is 15.6. The number of primary amides is 1. The summed E-state index contributed by atoms with van der Waals surface area (Å²) in [6.07, 6.45) is 3.22. The molecule has 0 radical (unpaired) electrons. The molecule has 1 aliphatic carbocycles. The molecule has 0 spiro atoms. The first-order valence-corrected chi connectivity index (χ1v) is 7.28. The summed E-state index contributed by atoms with van der Waals surface area (Å²) >= 11 is 0. The molecule has 1 saturated carbocycles. The molecule has 1 fully saturated rings. The molecule has 0 bridgehead atoms. The molecule has 6 heteroatoms. The Balaban J connectivity index is 2.27. The Morgan fingerprint density at radius 2 is 2.19 bits per heavy atom. The van der Waals surface area contributed by atoms with Gasteiger partial charge in [-0.2, -0.15) is 0 Å². The lowest BCUT2D eigenvalue weighted by atomic mass is 9.93. The van der Waals surface area contributed by atoms with E-state index >= 15 is 0 Å². The van der Waals surface area contributed by atoms with Crippen LogP contribution >= 0.6 is 0 Å². The molecule has 1 amide bonds. The highest BCUT2D eigenvalue weighted by Gasteiger charge is 2.32. The fourth-order valence-electron chi connectivity index (χ4n) is 3.19. The van der Waals surface area contributed by atoms with Crippen molar-refractivity contribution in [1.82, 2.24) is 0 Å². The third kappa shape index (κ3) is 3.15. The molecule has 3 atom stereocenters. The number of benzene rings is 1. The number of carbonyl (C=O) groups excluding carboxylic acids is 1. The molecule has 1 aromatic rings. The van der Waals surface area contributed by atoms with Crippen molar-refractivity contribution in [1.29, 1.82) is 0 Å². The number of carbonyl (C=O) groups is 1. The number of nitrogens with zero attached hydrogens (tertiary/aromatic N) is 1. The molecular weight excluding hydrogens is 270 g/mol. The number of anilines is 1. The molecule has 0 aliphatic heterocycles. The van der Waals surface area contributed by atoms with Gasteiger partial charge in [0.2, 0.25) is 5.91 Å². The minimum absolute atomic E-state index is 0.0212. The van der Waals surface area contributed by atoms with Gasteiger partial charge in [-0.1, -0.05) is 20.3 Å². The van der Waals surface area contributed by atoms with Crippen molar-refractivity contribution in [3.63, 3.8) is 0 Å². The zero-order valence-corrected chi connectivity index (χ0v) is 12.3. The molecule has 21 heavy (non-hydrogen) atoms. The van der Waals surface area contributed by atoms with Crippen LogP contribution in [-0.2, 0) is 0 Å².